The number of aryl methyl sites for hydroxylation is 3. The summed E-state index contributed by atoms with van der Waals surface area (Å²) in [6.07, 6.45) is 0. The predicted octanol–water partition coefficient (Wildman–Crippen LogP) is 3.95. The van der Waals surface area contributed by atoms with Crippen molar-refractivity contribution in [3.63, 3.8) is 0 Å². The van der Waals surface area contributed by atoms with Crippen LogP contribution in [0.2, 0.25) is 0 Å². The molecule has 2 heteroatoms. The molecule has 0 aromatic heterocycles. The van der Waals surface area contributed by atoms with Gasteiger partial charge in [0.15, 0.2) is 0 Å². The highest BCUT2D eigenvalue weighted by Crippen LogP contribution is 2.19. The number of likely N-dealkylation sites (N-methyl/N-ethyl adjacent to an activating group) is 1. The summed E-state index contributed by atoms with van der Waals surface area (Å²) < 4.78 is 5.88. The molecule has 2 nitrogen and oxygen atoms in total. The monoisotopic (exact) mass is 269 g/mol. The van der Waals surface area contributed by atoms with Crippen LogP contribution in [0.5, 0.6) is 5.75 Å². The number of rotatable bonds is 5. The lowest BCUT2D eigenvalue weighted by Crippen LogP contribution is -2.23. The molecule has 0 fully saturated rings. The number of hydrogen-bond acceptors (Lipinski definition) is 2. The zero-order chi connectivity index (χ0) is 14.5. The van der Waals surface area contributed by atoms with Crippen LogP contribution in [0.4, 0.5) is 0 Å². The minimum atomic E-state index is 0.204. The fourth-order valence-electron chi connectivity index (χ4n) is 2.14. The zero-order valence-electron chi connectivity index (χ0n) is 12.7. The molecule has 1 N–H and O–H groups in total. The molecule has 106 valence electrons. The average molecular weight is 269 g/mol. The van der Waals surface area contributed by atoms with Crippen molar-refractivity contribution in [3.8, 4) is 5.75 Å². The van der Waals surface area contributed by atoms with Gasteiger partial charge in [-0.2, -0.15) is 0 Å². The fourth-order valence-corrected chi connectivity index (χ4v) is 2.14. The minimum Gasteiger partial charge on any atom is -0.492 e. The molecule has 0 aliphatic carbocycles. The Balaban J connectivity index is 2.05. The highest BCUT2D eigenvalue weighted by molar-refractivity contribution is 5.32. The van der Waals surface area contributed by atoms with E-state index in [1.54, 1.807) is 0 Å². The second kappa shape index (κ2) is 6.58. The Morgan fingerprint density at radius 3 is 2.25 bits per heavy atom. The molecular formula is C18H23NO. The standard InChI is InChI=1S/C18H23NO/c1-13-5-9-17(10-6-13)20-12-18(19-4)16-8-7-14(2)15(3)11-16/h5-11,18-19H,12H2,1-4H3. The molecule has 0 heterocycles. The first-order valence-corrected chi connectivity index (χ1v) is 7.04. The summed E-state index contributed by atoms with van der Waals surface area (Å²) in [4.78, 5) is 0. The van der Waals surface area contributed by atoms with Crippen LogP contribution in [0.25, 0.3) is 0 Å². The van der Waals surface area contributed by atoms with E-state index in [2.05, 4.69) is 56.4 Å². The Morgan fingerprint density at radius 2 is 1.65 bits per heavy atom. The summed E-state index contributed by atoms with van der Waals surface area (Å²) in [5, 5.41) is 3.32. The highest BCUT2D eigenvalue weighted by atomic mass is 16.5. The van der Waals surface area contributed by atoms with Crippen molar-refractivity contribution in [1.82, 2.24) is 5.32 Å². The van der Waals surface area contributed by atoms with Crippen molar-refractivity contribution in [2.24, 2.45) is 0 Å². The topological polar surface area (TPSA) is 21.3 Å². The van der Waals surface area contributed by atoms with Gasteiger partial charge in [-0.3, -0.25) is 0 Å². The summed E-state index contributed by atoms with van der Waals surface area (Å²) in [7, 11) is 1.97. The number of benzene rings is 2. The molecule has 2 aromatic carbocycles. The van der Waals surface area contributed by atoms with Gasteiger partial charge in [0.25, 0.3) is 0 Å². The van der Waals surface area contributed by atoms with Crippen molar-refractivity contribution < 1.29 is 4.74 Å². The van der Waals surface area contributed by atoms with E-state index >= 15 is 0 Å². The van der Waals surface area contributed by atoms with Gasteiger partial charge in [-0.15, -0.1) is 0 Å². The van der Waals surface area contributed by atoms with Gasteiger partial charge in [0, 0.05) is 0 Å². The Kier molecular flexibility index (Phi) is 4.80. The number of hydrogen-bond donors (Lipinski definition) is 1. The first-order valence-electron chi connectivity index (χ1n) is 7.04. The molecular weight excluding hydrogens is 246 g/mol. The summed E-state index contributed by atoms with van der Waals surface area (Å²) in [6, 6.07) is 14.9. The lowest BCUT2D eigenvalue weighted by Gasteiger charge is -2.18. The Labute approximate surface area is 121 Å². The third kappa shape index (κ3) is 3.61. The molecule has 0 bridgehead atoms. The van der Waals surface area contributed by atoms with Crippen LogP contribution in [0.15, 0.2) is 42.5 Å². The summed E-state index contributed by atoms with van der Waals surface area (Å²) in [5.41, 5.74) is 5.15. The summed E-state index contributed by atoms with van der Waals surface area (Å²) in [5.74, 6) is 0.916. The molecule has 0 saturated carbocycles. The Bertz CT molecular complexity index is 560. The predicted molar refractivity (Wildman–Crippen MR) is 84.4 cm³/mol. The lowest BCUT2D eigenvalue weighted by atomic mass is 10.0. The van der Waals surface area contributed by atoms with Crippen LogP contribution in [0, 0.1) is 20.8 Å². The molecule has 0 amide bonds. The highest BCUT2D eigenvalue weighted by Gasteiger charge is 2.10. The molecule has 0 radical (unpaired) electrons. The number of nitrogens with one attached hydrogen (secondary N) is 1. The van der Waals surface area contributed by atoms with Gasteiger partial charge in [-0.05, 0) is 56.6 Å². The van der Waals surface area contributed by atoms with Crippen LogP contribution in [0.3, 0.4) is 0 Å². The smallest absolute Gasteiger partial charge is 0.119 e. The van der Waals surface area contributed by atoms with E-state index in [0.29, 0.717) is 6.61 Å². The second-order valence-electron chi connectivity index (χ2n) is 5.31. The van der Waals surface area contributed by atoms with Crippen LogP contribution < -0.4 is 10.1 Å². The van der Waals surface area contributed by atoms with E-state index in [0.717, 1.165) is 5.75 Å². The second-order valence-corrected chi connectivity index (χ2v) is 5.31. The van der Waals surface area contributed by atoms with Gasteiger partial charge in [0.05, 0.1) is 6.04 Å². The van der Waals surface area contributed by atoms with Crippen LogP contribution in [0.1, 0.15) is 28.3 Å². The number of ether oxygens (including phenoxy) is 1. The quantitative estimate of drug-likeness (QED) is 0.887. The lowest BCUT2D eigenvalue weighted by molar-refractivity contribution is 0.273. The van der Waals surface area contributed by atoms with Crippen LogP contribution >= 0.6 is 0 Å². The van der Waals surface area contributed by atoms with Crippen LogP contribution in [-0.4, -0.2) is 13.7 Å². The van der Waals surface area contributed by atoms with Gasteiger partial charge in [-0.1, -0.05) is 35.9 Å². The molecule has 2 rings (SSSR count). The molecule has 0 spiro atoms. The first-order chi connectivity index (χ1) is 9.60. The van der Waals surface area contributed by atoms with Crippen LogP contribution in [-0.2, 0) is 0 Å². The van der Waals surface area contributed by atoms with E-state index < -0.39 is 0 Å². The van der Waals surface area contributed by atoms with E-state index in [-0.39, 0.29) is 6.04 Å². The molecule has 1 unspecified atom stereocenters. The summed E-state index contributed by atoms with van der Waals surface area (Å²) in [6.45, 7) is 6.99. The van der Waals surface area contributed by atoms with E-state index in [4.69, 9.17) is 4.74 Å². The van der Waals surface area contributed by atoms with Gasteiger partial charge < -0.3 is 10.1 Å². The third-order valence-corrected chi connectivity index (χ3v) is 3.72. The van der Waals surface area contributed by atoms with Crippen molar-refractivity contribution >= 4 is 0 Å². The minimum absolute atomic E-state index is 0.204. The maximum atomic E-state index is 5.88. The maximum Gasteiger partial charge on any atom is 0.119 e. The molecule has 20 heavy (non-hydrogen) atoms. The molecule has 0 aliphatic heterocycles. The Hall–Kier alpha value is -1.80. The zero-order valence-corrected chi connectivity index (χ0v) is 12.7. The molecule has 2 aromatic rings. The molecule has 1 atom stereocenters. The Morgan fingerprint density at radius 1 is 0.950 bits per heavy atom. The van der Waals surface area contributed by atoms with E-state index in [1.165, 1.54) is 22.3 Å². The van der Waals surface area contributed by atoms with Crippen molar-refractivity contribution in [2.75, 3.05) is 13.7 Å². The van der Waals surface area contributed by atoms with E-state index in [9.17, 15) is 0 Å². The van der Waals surface area contributed by atoms with Crippen molar-refractivity contribution in [2.45, 2.75) is 26.8 Å². The first kappa shape index (κ1) is 14.6. The third-order valence-electron chi connectivity index (χ3n) is 3.72. The summed E-state index contributed by atoms with van der Waals surface area (Å²) >= 11 is 0. The van der Waals surface area contributed by atoms with Crippen molar-refractivity contribution in [3.05, 3.63) is 64.7 Å². The van der Waals surface area contributed by atoms with Gasteiger partial charge in [0.1, 0.15) is 12.4 Å². The van der Waals surface area contributed by atoms with E-state index in [1.807, 2.05) is 19.2 Å². The fraction of sp³-hybridized carbons (Fsp3) is 0.333. The SMILES string of the molecule is CNC(COc1ccc(C)cc1)c1ccc(C)c(C)c1. The molecule has 0 saturated heterocycles. The van der Waals surface area contributed by atoms with Gasteiger partial charge >= 0.3 is 0 Å². The maximum absolute atomic E-state index is 5.88. The molecule has 0 aliphatic rings. The van der Waals surface area contributed by atoms with Gasteiger partial charge in [-0.25, -0.2) is 0 Å². The average Bonchev–Trinajstić information content (AvgIpc) is 2.45. The normalized spacial score (nSPS) is 12.2. The van der Waals surface area contributed by atoms with Gasteiger partial charge in [0.2, 0.25) is 0 Å². The van der Waals surface area contributed by atoms with Crippen molar-refractivity contribution in [1.29, 1.82) is 0 Å². The largest absolute Gasteiger partial charge is 0.492 e.